The maximum Gasteiger partial charge on any atom is 0.169 e. The first kappa shape index (κ1) is 25.7. The zero-order valence-corrected chi connectivity index (χ0v) is 22.8. The highest BCUT2D eigenvalue weighted by Crippen LogP contribution is 2.42. The van der Waals surface area contributed by atoms with Gasteiger partial charge >= 0.3 is 0 Å². The number of halogens is 1. The summed E-state index contributed by atoms with van der Waals surface area (Å²) in [5.74, 6) is 1.48. The van der Waals surface area contributed by atoms with Crippen LogP contribution in [0.25, 0.3) is 11.3 Å². The molecule has 8 nitrogen and oxygen atoms in total. The molecule has 2 aromatic heterocycles. The summed E-state index contributed by atoms with van der Waals surface area (Å²) in [6.07, 6.45) is 5.22. The first-order valence-electron chi connectivity index (χ1n) is 13.9. The quantitative estimate of drug-likeness (QED) is 0.491. The van der Waals surface area contributed by atoms with E-state index in [2.05, 4.69) is 35.5 Å². The molecule has 2 bridgehead atoms. The van der Waals surface area contributed by atoms with Gasteiger partial charge in [0.2, 0.25) is 0 Å². The predicted octanol–water partition coefficient (Wildman–Crippen LogP) is 3.54. The average molecular weight is 530 g/mol. The third kappa shape index (κ3) is 5.10. The number of aliphatic hydroxyl groups is 1. The van der Waals surface area contributed by atoms with Gasteiger partial charge in [-0.1, -0.05) is 13.2 Å². The Hall–Kier alpha value is -3.53. The molecule has 0 spiro atoms. The fourth-order valence-electron chi connectivity index (χ4n) is 5.74. The number of ether oxygens (including phenoxy) is 1. The number of fused-ring (bicyclic) bond motifs is 4. The number of benzene rings is 1. The van der Waals surface area contributed by atoms with Crippen LogP contribution in [0, 0.1) is 5.82 Å². The zero-order chi connectivity index (χ0) is 27.3. The van der Waals surface area contributed by atoms with E-state index in [9.17, 15) is 9.50 Å². The molecule has 2 unspecified atom stereocenters. The van der Waals surface area contributed by atoms with Crippen molar-refractivity contribution >= 4 is 25.0 Å². The van der Waals surface area contributed by atoms with Crippen LogP contribution < -0.4 is 15.0 Å². The molecule has 0 radical (unpaired) electrons. The standard InChI is InChI=1S/C29H36BFN6O2/c1-18-17-39-26-10-9-21(31)14-22(26)19(2)35-12-5-4-6-25(35)24-15-27-33-23(20-7-8-20)16-28(37(27)34-24)36(13-11-32-18)29(3,30)38/h9-10,14-16,20,25,32,38H,1-2,4-8,11-13,17,30H2,3H3. The molecule has 1 saturated carbocycles. The molecular weight excluding hydrogens is 494 g/mol. The molecule has 6 rings (SSSR count). The number of piperidine rings is 1. The Bertz CT molecular complexity index is 1430. The number of hydrogen-bond acceptors (Lipinski definition) is 7. The lowest BCUT2D eigenvalue weighted by molar-refractivity contribution is 0.141. The minimum Gasteiger partial charge on any atom is -0.487 e. The molecule has 1 aliphatic carbocycles. The molecule has 1 saturated heterocycles. The van der Waals surface area contributed by atoms with Crippen LogP contribution in [0.3, 0.4) is 0 Å². The van der Waals surface area contributed by atoms with Crippen molar-refractivity contribution < 1.29 is 14.2 Å². The van der Waals surface area contributed by atoms with E-state index < -0.39 is 5.62 Å². The van der Waals surface area contributed by atoms with Gasteiger partial charge in [0.1, 0.15) is 24.0 Å². The third-order valence-electron chi connectivity index (χ3n) is 7.94. The minimum absolute atomic E-state index is 0.0404. The van der Waals surface area contributed by atoms with Gasteiger partial charge in [0.05, 0.1) is 17.4 Å². The van der Waals surface area contributed by atoms with E-state index in [1.807, 2.05) is 9.42 Å². The second-order valence-corrected chi connectivity index (χ2v) is 11.4. The van der Waals surface area contributed by atoms with Crippen LogP contribution in [-0.2, 0) is 0 Å². The summed E-state index contributed by atoms with van der Waals surface area (Å²) in [4.78, 5) is 9.19. The van der Waals surface area contributed by atoms with Crippen molar-refractivity contribution in [1.82, 2.24) is 24.8 Å². The molecular formula is C29H36BFN6O2. The Morgan fingerprint density at radius 2 is 1.95 bits per heavy atom. The Kier molecular flexibility index (Phi) is 6.53. The van der Waals surface area contributed by atoms with E-state index in [1.54, 1.807) is 20.8 Å². The number of nitrogens with zero attached hydrogens (tertiary/aromatic N) is 5. The van der Waals surface area contributed by atoms with Crippen LogP contribution in [-0.4, -0.2) is 64.3 Å². The van der Waals surface area contributed by atoms with Gasteiger partial charge in [-0.05, 0) is 57.2 Å². The molecule has 204 valence electrons. The molecule has 0 amide bonds. The Morgan fingerprint density at radius 1 is 1.13 bits per heavy atom. The SMILES string of the molecule is BC(C)(O)N1CCNC(=C)COc2ccc(F)cc2C(=C)N2CCCCC2c2cc3nc(C4CC4)cc1n3n2. The summed E-state index contributed by atoms with van der Waals surface area (Å²) in [6, 6.07) is 8.66. The Balaban J connectivity index is 1.51. The van der Waals surface area contributed by atoms with E-state index in [-0.39, 0.29) is 18.5 Å². The van der Waals surface area contributed by atoms with E-state index in [0.29, 0.717) is 41.7 Å². The fraction of sp³-hybridized carbons (Fsp3) is 0.448. The van der Waals surface area contributed by atoms with Gasteiger partial charge in [-0.3, -0.25) is 0 Å². The molecule has 39 heavy (non-hydrogen) atoms. The van der Waals surface area contributed by atoms with Crippen molar-refractivity contribution in [3.8, 4) is 5.75 Å². The summed E-state index contributed by atoms with van der Waals surface area (Å²) in [6.45, 7) is 12.4. The largest absolute Gasteiger partial charge is 0.487 e. The lowest BCUT2D eigenvalue weighted by Crippen LogP contribution is -2.50. The number of anilines is 1. The van der Waals surface area contributed by atoms with Crippen LogP contribution in [0.4, 0.5) is 10.2 Å². The van der Waals surface area contributed by atoms with Crippen molar-refractivity contribution in [2.45, 2.75) is 56.6 Å². The minimum atomic E-state index is -1.14. The lowest BCUT2D eigenvalue weighted by Gasteiger charge is -2.38. The first-order valence-corrected chi connectivity index (χ1v) is 13.9. The zero-order valence-electron chi connectivity index (χ0n) is 22.8. The van der Waals surface area contributed by atoms with E-state index in [4.69, 9.17) is 14.8 Å². The molecule has 3 aliphatic rings. The number of hydrogen-bond donors (Lipinski definition) is 2. The van der Waals surface area contributed by atoms with E-state index in [1.165, 1.54) is 12.1 Å². The fourth-order valence-corrected chi connectivity index (χ4v) is 5.74. The molecule has 2 fully saturated rings. The van der Waals surface area contributed by atoms with Gasteiger partial charge in [0.15, 0.2) is 13.5 Å². The highest BCUT2D eigenvalue weighted by Gasteiger charge is 2.33. The summed E-state index contributed by atoms with van der Waals surface area (Å²) >= 11 is 0. The highest BCUT2D eigenvalue weighted by atomic mass is 19.1. The molecule has 2 atom stereocenters. The molecule has 2 N–H and O–H groups in total. The van der Waals surface area contributed by atoms with Crippen LogP contribution in [0.2, 0.25) is 0 Å². The van der Waals surface area contributed by atoms with Crippen molar-refractivity contribution in [1.29, 1.82) is 0 Å². The molecule has 4 heterocycles. The van der Waals surface area contributed by atoms with E-state index >= 15 is 0 Å². The summed E-state index contributed by atoms with van der Waals surface area (Å²) in [5.41, 5.74) is 3.60. The molecule has 1 aromatic carbocycles. The van der Waals surface area contributed by atoms with Crippen molar-refractivity contribution in [2.24, 2.45) is 0 Å². The van der Waals surface area contributed by atoms with Gasteiger partial charge in [-0.2, -0.15) is 9.61 Å². The van der Waals surface area contributed by atoms with Crippen LogP contribution in [0.1, 0.15) is 67.9 Å². The average Bonchev–Trinajstić information content (AvgIpc) is 3.67. The van der Waals surface area contributed by atoms with Crippen molar-refractivity contribution in [3.05, 3.63) is 72.0 Å². The highest BCUT2D eigenvalue weighted by molar-refractivity contribution is 6.15. The number of rotatable bonds is 2. The van der Waals surface area contributed by atoms with Crippen LogP contribution in [0.5, 0.6) is 5.75 Å². The second-order valence-electron chi connectivity index (χ2n) is 11.4. The Labute approximate surface area is 229 Å². The lowest BCUT2D eigenvalue weighted by atomic mass is 9.91. The topological polar surface area (TPSA) is 78.2 Å². The summed E-state index contributed by atoms with van der Waals surface area (Å²) < 4.78 is 22.4. The van der Waals surface area contributed by atoms with Crippen LogP contribution in [0.15, 0.2) is 49.2 Å². The molecule has 2 aliphatic heterocycles. The molecule has 3 aromatic rings. The van der Waals surface area contributed by atoms with Gasteiger partial charge in [0.25, 0.3) is 0 Å². The summed E-state index contributed by atoms with van der Waals surface area (Å²) in [5, 5.41) is 19.7. The monoisotopic (exact) mass is 530 g/mol. The first-order chi connectivity index (χ1) is 18.7. The maximum atomic E-state index is 14.5. The van der Waals surface area contributed by atoms with E-state index in [0.717, 1.165) is 61.5 Å². The smallest absolute Gasteiger partial charge is 0.169 e. The van der Waals surface area contributed by atoms with Crippen LogP contribution >= 0.6 is 0 Å². The number of aromatic nitrogens is 3. The number of nitrogens with one attached hydrogen (secondary N) is 1. The van der Waals surface area contributed by atoms with Gasteiger partial charge in [-0.15, -0.1) is 0 Å². The summed E-state index contributed by atoms with van der Waals surface area (Å²) in [7, 11) is 1.79. The van der Waals surface area contributed by atoms with Gasteiger partial charge in [0, 0.05) is 60.3 Å². The van der Waals surface area contributed by atoms with Crippen molar-refractivity contribution in [2.75, 3.05) is 31.1 Å². The second kappa shape index (κ2) is 9.90. The van der Waals surface area contributed by atoms with Crippen molar-refractivity contribution in [3.63, 3.8) is 0 Å². The normalized spacial score (nSPS) is 22.2. The maximum absolute atomic E-state index is 14.5. The Morgan fingerprint density at radius 3 is 2.72 bits per heavy atom. The third-order valence-corrected chi connectivity index (χ3v) is 7.94. The van der Waals surface area contributed by atoms with Gasteiger partial charge < -0.3 is 25.0 Å². The molecule has 10 heteroatoms. The van der Waals surface area contributed by atoms with Gasteiger partial charge in [-0.25, -0.2) is 9.37 Å². The predicted molar refractivity (Wildman–Crippen MR) is 153 cm³/mol.